The number of fused-ring (bicyclic) bond motifs is 2. The molecular formula is C23H23N3O3S. The maximum Gasteiger partial charge on any atom is 0.306 e. The van der Waals surface area contributed by atoms with Crippen molar-refractivity contribution in [2.75, 3.05) is 18.2 Å². The van der Waals surface area contributed by atoms with Crippen molar-refractivity contribution in [2.24, 2.45) is 0 Å². The van der Waals surface area contributed by atoms with Crippen LogP contribution in [0, 0.1) is 0 Å². The fourth-order valence-electron chi connectivity index (χ4n) is 3.83. The van der Waals surface area contributed by atoms with E-state index in [1.165, 1.54) is 48.0 Å². The van der Waals surface area contributed by atoms with Crippen LogP contribution in [0.4, 0.5) is 11.5 Å². The third kappa shape index (κ3) is 3.87. The molecule has 2 heterocycles. The monoisotopic (exact) mass is 421 g/mol. The van der Waals surface area contributed by atoms with Crippen LogP contribution < -0.4 is 5.32 Å². The highest BCUT2D eigenvalue weighted by Gasteiger charge is 2.26. The fraction of sp³-hybridized carbons (Fsp3) is 0.348. The van der Waals surface area contributed by atoms with Gasteiger partial charge >= 0.3 is 5.97 Å². The Morgan fingerprint density at radius 2 is 2.00 bits per heavy atom. The Kier molecular flexibility index (Phi) is 5.31. The average molecular weight is 422 g/mol. The summed E-state index contributed by atoms with van der Waals surface area (Å²) in [5.41, 5.74) is 4.38. The van der Waals surface area contributed by atoms with Crippen LogP contribution in [0.25, 0.3) is 10.8 Å². The topological polar surface area (TPSA) is 73.3 Å². The standard InChI is InChI=1S/C23H23N3O3S/c1-28-21(27)10-11-30-23-25-20-13-29-12-18(20)22(26-23)24-19-9-8-15(14-6-7-14)16-4-2-3-5-17(16)19/h2-5,8-9,14H,6-7,10-13H2,1H3,(H,24,25,26). The minimum atomic E-state index is -0.229. The molecule has 1 fully saturated rings. The zero-order valence-electron chi connectivity index (χ0n) is 16.8. The second-order valence-electron chi connectivity index (χ2n) is 7.59. The summed E-state index contributed by atoms with van der Waals surface area (Å²) >= 11 is 1.45. The van der Waals surface area contributed by atoms with E-state index >= 15 is 0 Å². The van der Waals surface area contributed by atoms with Gasteiger partial charge in [0.05, 0.1) is 32.4 Å². The molecule has 1 N–H and O–H groups in total. The first-order valence-electron chi connectivity index (χ1n) is 10.2. The highest BCUT2D eigenvalue weighted by molar-refractivity contribution is 7.99. The minimum Gasteiger partial charge on any atom is -0.469 e. The SMILES string of the molecule is COC(=O)CCSc1nc2c(c(Nc3ccc(C4CC4)c4ccccc34)n1)COC2. The van der Waals surface area contributed by atoms with Crippen LogP contribution in [0.3, 0.4) is 0 Å². The molecule has 6 nitrogen and oxygen atoms in total. The molecule has 1 aliphatic carbocycles. The lowest BCUT2D eigenvalue weighted by molar-refractivity contribution is -0.140. The number of methoxy groups -OCH3 is 1. The molecule has 30 heavy (non-hydrogen) atoms. The van der Waals surface area contributed by atoms with Gasteiger partial charge in [0.15, 0.2) is 5.16 Å². The Hall–Kier alpha value is -2.64. The number of carbonyl (C=O) groups is 1. The summed E-state index contributed by atoms with van der Waals surface area (Å²) in [6, 6.07) is 12.9. The Labute approximate surface area is 179 Å². The molecule has 0 saturated heterocycles. The van der Waals surface area contributed by atoms with E-state index in [1.807, 2.05) is 0 Å². The summed E-state index contributed by atoms with van der Waals surface area (Å²) in [5, 5.41) is 6.70. The van der Waals surface area contributed by atoms with Crippen molar-refractivity contribution in [3.63, 3.8) is 0 Å². The van der Waals surface area contributed by atoms with Crippen LogP contribution in [0.15, 0.2) is 41.6 Å². The smallest absolute Gasteiger partial charge is 0.306 e. The van der Waals surface area contributed by atoms with Gasteiger partial charge in [0.2, 0.25) is 0 Å². The number of benzene rings is 2. The first-order valence-corrected chi connectivity index (χ1v) is 11.2. The second-order valence-corrected chi connectivity index (χ2v) is 8.66. The molecule has 0 unspecified atom stereocenters. The number of hydrogen-bond donors (Lipinski definition) is 1. The summed E-state index contributed by atoms with van der Waals surface area (Å²) in [7, 11) is 1.40. The normalized spacial score (nSPS) is 15.2. The molecule has 0 spiro atoms. The van der Waals surface area contributed by atoms with Gasteiger partial charge in [-0.2, -0.15) is 0 Å². The molecule has 7 heteroatoms. The van der Waals surface area contributed by atoms with E-state index in [1.54, 1.807) is 0 Å². The lowest BCUT2D eigenvalue weighted by Crippen LogP contribution is -2.05. The van der Waals surface area contributed by atoms with E-state index in [0.717, 1.165) is 22.8 Å². The van der Waals surface area contributed by atoms with Crippen molar-refractivity contribution in [3.8, 4) is 0 Å². The van der Waals surface area contributed by atoms with Gasteiger partial charge in [-0.3, -0.25) is 4.79 Å². The highest BCUT2D eigenvalue weighted by Crippen LogP contribution is 2.44. The van der Waals surface area contributed by atoms with Crippen LogP contribution in [-0.4, -0.2) is 28.8 Å². The number of rotatable bonds is 7. The van der Waals surface area contributed by atoms with Gasteiger partial charge in [-0.15, -0.1) is 0 Å². The van der Waals surface area contributed by atoms with Crippen molar-refractivity contribution in [1.82, 2.24) is 9.97 Å². The van der Waals surface area contributed by atoms with Gasteiger partial charge in [0, 0.05) is 22.4 Å². The molecule has 1 aromatic heterocycles. The van der Waals surface area contributed by atoms with Gasteiger partial charge < -0.3 is 14.8 Å². The predicted molar refractivity (Wildman–Crippen MR) is 117 cm³/mol. The van der Waals surface area contributed by atoms with Gasteiger partial charge in [0.1, 0.15) is 5.82 Å². The van der Waals surface area contributed by atoms with Crippen LogP contribution >= 0.6 is 11.8 Å². The number of aromatic nitrogens is 2. The van der Waals surface area contributed by atoms with Crippen LogP contribution in [0.1, 0.15) is 42.0 Å². The van der Waals surface area contributed by atoms with Crippen LogP contribution in [0.2, 0.25) is 0 Å². The molecule has 2 aliphatic rings. The summed E-state index contributed by atoms with van der Waals surface area (Å²) < 4.78 is 10.3. The highest BCUT2D eigenvalue weighted by atomic mass is 32.2. The maximum absolute atomic E-state index is 11.4. The Morgan fingerprint density at radius 1 is 1.17 bits per heavy atom. The molecule has 0 bridgehead atoms. The molecule has 0 atom stereocenters. The number of anilines is 2. The van der Waals surface area contributed by atoms with E-state index in [9.17, 15) is 4.79 Å². The number of hydrogen-bond acceptors (Lipinski definition) is 7. The van der Waals surface area contributed by atoms with E-state index in [-0.39, 0.29) is 5.97 Å². The van der Waals surface area contributed by atoms with Crippen LogP contribution in [-0.2, 0) is 27.5 Å². The van der Waals surface area contributed by atoms with E-state index < -0.39 is 0 Å². The number of nitrogens with zero attached hydrogens (tertiary/aromatic N) is 2. The number of carbonyl (C=O) groups excluding carboxylic acids is 1. The van der Waals surface area contributed by atoms with Gasteiger partial charge in [-0.1, -0.05) is 42.1 Å². The third-order valence-electron chi connectivity index (χ3n) is 5.55. The molecule has 154 valence electrons. The summed E-state index contributed by atoms with van der Waals surface area (Å²) in [6.07, 6.45) is 2.88. The van der Waals surface area contributed by atoms with Gasteiger partial charge in [-0.25, -0.2) is 9.97 Å². The largest absolute Gasteiger partial charge is 0.469 e. The summed E-state index contributed by atoms with van der Waals surface area (Å²) in [5.74, 6) is 1.82. The number of ether oxygens (including phenoxy) is 2. The average Bonchev–Trinajstić information content (AvgIpc) is 3.50. The lowest BCUT2D eigenvalue weighted by atomic mass is 9.99. The van der Waals surface area contributed by atoms with Crippen molar-refractivity contribution < 1.29 is 14.3 Å². The maximum atomic E-state index is 11.4. The predicted octanol–water partition coefficient (Wildman–Crippen LogP) is 4.94. The summed E-state index contributed by atoms with van der Waals surface area (Å²) in [6.45, 7) is 0.987. The minimum absolute atomic E-state index is 0.229. The molecular weight excluding hydrogens is 398 g/mol. The number of thioether (sulfide) groups is 1. The number of esters is 1. The zero-order valence-corrected chi connectivity index (χ0v) is 17.6. The van der Waals surface area contributed by atoms with E-state index in [4.69, 9.17) is 14.5 Å². The van der Waals surface area contributed by atoms with Crippen molar-refractivity contribution in [1.29, 1.82) is 0 Å². The summed E-state index contributed by atoms with van der Waals surface area (Å²) in [4.78, 5) is 20.8. The Morgan fingerprint density at radius 3 is 2.80 bits per heavy atom. The van der Waals surface area contributed by atoms with Gasteiger partial charge in [-0.05, 0) is 35.8 Å². The quantitative estimate of drug-likeness (QED) is 0.329. The van der Waals surface area contributed by atoms with E-state index in [0.29, 0.717) is 36.5 Å². The fourth-order valence-corrected chi connectivity index (χ4v) is 4.62. The second kappa shape index (κ2) is 8.24. The Balaban J connectivity index is 1.46. The molecule has 0 amide bonds. The molecule has 3 aromatic rings. The molecule has 1 saturated carbocycles. The molecule has 2 aromatic carbocycles. The lowest BCUT2D eigenvalue weighted by Gasteiger charge is -2.15. The van der Waals surface area contributed by atoms with Crippen LogP contribution in [0.5, 0.6) is 0 Å². The Bertz CT molecular complexity index is 1110. The first kappa shape index (κ1) is 19.3. The van der Waals surface area contributed by atoms with Crippen molar-refractivity contribution in [3.05, 3.63) is 53.2 Å². The van der Waals surface area contributed by atoms with Crippen molar-refractivity contribution >= 4 is 40.0 Å². The van der Waals surface area contributed by atoms with E-state index in [2.05, 4.69) is 46.7 Å². The number of nitrogens with one attached hydrogen (secondary N) is 1. The van der Waals surface area contributed by atoms with Crippen molar-refractivity contribution in [2.45, 2.75) is 43.6 Å². The first-order chi connectivity index (χ1) is 14.7. The molecule has 5 rings (SSSR count). The zero-order chi connectivity index (χ0) is 20.5. The molecule has 1 aliphatic heterocycles. The molecule has 0 radical (unpaired) electrons. The van der Waals surface area contributed by atoms with Gasteiger partial charge in [0.25, 0.3) is 0 Å². The third-order valence-corrected chi connectivity index (χ3v) is 6.40.